The molecule has 0 aliphatic heterocycles. The number of hydrogen-bond acceptors (Lipinski definition) is 3. The number of nitrogens with one attached hydrogen (secondary N) is 2. The molecule has 0 heterocycles. The molecule has 136 valence electrons. The van der Waals surface area contributed by atoms with Gasteiger partial charge in [0.05, 0.1) is 5.71 Å². The maximum Gasteiger partial charge on any atom is 0.471 e. The molecule has 0 aliphatic carbocycles. The zero-order valence-corrected chi connectivity index (χ0v) is 14.2. The van der Waals surface area contributed by atoms with Crippen LogP contribution >= 0.6 is 11.6 Å². The number of amides is 2. The van der Waals surface area contributed by atoms with Crippen molar-refractivity contribution in [2.24, 2.45) is 5.10 Å². The summed E-state index contributed by atoms with van der Waals surface area (Å²) in [5.41, 5.74) is 3.42. The van der Waals surface area contributed by atoms with E-state index in [-0.39, 0.29) is 5.69 Å². The van der Waals surface area contributed by atoms with E-state index in [1.165, 1.54) is 30.3 Å². The van der Waals surface area contributed by atoms with Crippen LogP contribution in [-0.4, -0.2) is 23.7 Å². The van der Waals surface area contributed by atoms with Crippen molar-refractivity contribution in [1.82, 2.24) is 5.43 Å². The van der Waals surface area contributed by atoms with Crippen molar-refractivity contribution in [3.05, 3.63) is 64.7 Å². The van der Waals surface area contributed by atoms with Crippen molar-refractivity contribution in [3.8, 4) is 0 Å². The number of carbonyl (C=O) groups excluding carboxylic acids is 2. The quantitative estimate of drug-likeness (QED) is 0.619. The van der Waals surface area contributed by atoms with Crippen LogP contribution < -0.4 is 10.7 Å². The Morgan fingerprint density at radius 1 is 1.04 bits per heavy atom. The van der Waals surface area contributed by atoms with E-state index in [0.29, 0.717) is 21.9 Å². The first-order valence-electron chi connectivity index (χ1n) is 7.25. The molecule has 0 aliphatic rings. The lowest BCUT2D eigenvalue weighted by molar-refractivity contribution is -0.167. The summed E-state index contributed by atoms with van der Waals surface area (Å²) in [6.07, 6.45) is -4.98. The Morgan fingerprint density at radius 3 is 2.31 bits per heavy atom. The Bertz CT molecular complexity index is 849. The zero-order chi connectivity index (χ0) is 19.3. The molecule has 0 aromatic heterocycles. The number of benzene rings is 2. The lowest BCUT2D eigenvalue weighted by Crippen LogP contribution is -2.29. The Hall–Kier alpha value is -2.87. The lowest BCUT2D eigenvalue weighted by atomic mass is 10.1. The molecule has 2 aromatic carbocycles. The van der Waals surface area contributed by atoms with Crippen LogP contribution in [0.25, 0.3) is 0 Å². The van der Waals surface area contributed by atoms with Crippen LogP contribution in [0.1, 0.15) is 22.8 Å². The summed E-state index contributed by atoms with van der Waals surface area (Å²) < 4.78 is 36.9. The highest BCUT2D eigenvalue weighted by molar-refractivity contribution is 6.30. The largest absolute Gasteiger partial charge is 0.471 e. The number of hydrogen-bond donors (Lipinski definition) is 2. The van der Waals surface area contributed by atoms with E-state index in [4.69, 9.17) is 11.6 Å². The van der Waals surface area contributed by atoms with Gasteiger partial charge in [0, 0.05) is 16.3 Å². The van der Waals surface area contributed by atoms with Gasteiger partial charge in [-0.05, 0) is 48.9 Å². The predicted molar refractivity (Wildman–Crippen MR) is 92.3 cm³/mol. The van der Waals surface area contributed by atoms with Crippen LogP contribution in [0.3, 0.4) is 0 Å². The standard InChI is InChI=1S/C17H13ClF3N3O2/c1-10(23-24-15(25)11-5-7-13(18)8-6-11)12-3-2-4-14(9-12)22-16(26)17(19,20)21/h2-9H,1H3,(H,22,26)(H,24,25)/b23-10-. The minimum absolute atomic E-state index is 0.0385. The van der Waals surface area contributed by atoms with Gasteiger partial charge < -0.3 is 5.32 Å². The van der Waals surface area contributed by atoms with Crippen LogP contribution in [-0.2, 0) is 4.79 Å². The average molecular weight is 384 g/mol. The van der Waals surface area contributed by atoms with Crippen LogP contribution in [0.2, 0.25) is 5.02 Å². The minimum Gasteiger partial charge on any atom is -0.318 e. The van der Waals surface area contributed by atoms with Crippen LogP contribution in [0.5, 0.6) is 0 Å². The van der Waals surface area contributed by atoms with E-state index in [1.807, 2.05) is 0 Å². The predicted octanol–water partition coefficient (Wildman–Crippen LogP) is 3.99. The first-order chi connectivity index (χ1) is 12.2. The van der Waals surface area contributed by atoms with Crippen molar-refractivity contribution in [3.63, 3.8) is 0 Å². The maximum atomic E-state index is 12.3. The fraction of sp³-hybridized carbons (Fsp3) is 0.118. The summed E-state index contributed by atoms with van der Waals surface area (Å²) in [4.78, 5) is 22.9. The first-order valence-corrected chi connectivity index (χ1v) is 7.63. The van der Waals surface area contributed by atoms with E-state index in [1.54, 1.807) is 30.4 Å². The highest BCUT2D eigenvalue weighted by Crippen LogP contribution is 2.19. The van der Waals surface area contributed by atoms with Gasteiger partial charge in [-0.25, -0.2) is 5.43 Å². The van der Waals surface area contributed by atoms with E-state index in [0.717, 1.165) is 0 Å². The Morgan fingerprint density at radius 2 is 1.69 bits per heavy atom. The Labute approximate surface area is 151 Å². The molecule has 0 unspecified atom stereocenters. The van der Waals surface area contributed by atoms with Gasteiger partial charge in [0.2, 0.25) is 0 Å². The third-order valence-corrected chi connectivity index (χ3v) is 3.48. The number of rotatable bonds is 4. The van der Waals surface area contributed by atoms with E-state index >= 15 is 0 Å². The van der Waals surface area contributed by atoms with Gasteiger partial charge >= 0.3 is 12.1 Å². The molecule has 0 fully saturated rings. The molecule has 0 spiro atoms. The maximum absolute atomic E-state index is 12.3. The molecule has 26 heavy (non-hydrogen) atoms. The first kappa shape index (κ1) is 19.5. The summed E-state index contributed by atoms with van der Waals surface area (Å²) in [6, 6.07) is 11.8. The van der Waals surface area contributed by atoms with E-state index in [2.05, 4.69) is 10.5 Å². The molecular formula is C17H13ClF3N3O2. The molecular weight excluding hydrogens is 371 g/mol. The molecule has 9 heteroatoms. The van der Waals surface area contributed by atoms with Gasteiger partial charge in [0.1, 0.15) is 0 Å². The second-order valence-electron chi connectivity index (χ2n) is 5.18. The van der Waals surface area contributed by atoms with Crippen molar-refractivity contribution in [1.29, 1.82) is 0 Å². The molecule has 2 aromatic rings. The summed E-state index contributed by atoms with van der Waals surface area (Å²) in [5, 5.41) is 6.15. The molecule has 0 radical (unpaired) electrons. The van der Waals surface area contributed by atoms with Crippen LogP contribution in [0, 0.1) is 0 Å². The normalized spacial score (nSPS) is 11.8. The third kappa shape index (κ3) is 5.32. The second-order valence-corrected chi connectivity index (χ2v) is 5.61. The van der Waals surface area contributed by atoms with Crippen molar-refractivity contribution >= 4 is 34.8 Å². The van der Waals surface area contributed by atoms with Crippen molar-refractivity contribution in [2.75, 3.05) is 5.32 Å². The average Bonchev–Trinajstić information content (AvgIpc) is 2.59. The smallest absolute Gasteiger partial charge is 0.318 e. The number of nitrogens with zero attached hydrogens (tertiary/aromatic N) is 1. The minimum atomic E-state index is -4.98. The van der Waals surface area contributed by atoms with Crippen molar-refractivity contribution < 1.29 is 22.8 Å². The summed E-state index contributed by atoms with van der Waals surface area (Å²) >= 11 is 5.74. The monoisotopic (exact) mass is 383 g/mol. The highest BCUT2D eigenvalue weighted by atomic mass is 35.5. The number of alkyl halides is 3. The highest BCUT2D eigenvalue weighted by Gasteiger charge is 2.38. The zero-order valence-electron chi connectivity index (χ0n) is 13.4. The molecule has 2 N–H and O–H groups in total. The SMILES string of the molecule is C/C(=N/NC(=O)c1ccc(Cl)cc1)c1cccc(NC(=O)C(F)(F)F)c1. The molecule has 2 amide bonds. The van der Waals surface area contributed by atoms with Gasteiger partial charge in [-0.3, -0.25) is 9.59 Å². The Balaban J connectivity index is 2.09. The molecule has 0 atom stereocenters. The van der Waals surface area contributed by atoms with Gasteiger partial charge in [-0.2, -0.15) is 18.3 Å². The number of hydrazone groups is 1. The topological polar surface area (TPSA) is 70.6 Å². The second kappa shape index (κ2) is 8.01. The fourth-order valence-corrected chi connectivity index (χ4v) is 2.01. The number of anilines is 1. The summed E-state index contributed by atoms with van der Waals surface area (Å²) in [5.74, 6) is -2.54. The summed E-state index contributed by atoms with van der Waals surface area (Å²) in [7, 11) is 0. The lowest BCUT2D eigenvalue weighted by Gasteiger charge is -2.09. The fourth-order valence-electron chi connectivity index (χ4n) is 1.89. The molecule has 0 saturated heterocycles. The van der Waals surface area contributed by atoms with Gasteiger partial charge in [-0.1, -0.05) is 23.7 Å². The van der Waals surface area contributed by atoms with Crippen LogP contribution in [0.15, 0.2) is 53.6 Å². The molecule has 2 rings (SSSR count). The van der Waals surface area contributed by atoms with Gasteiger partial charge in [0.15, 0.2) is 0 Å². The third-order valence-electron chi connectivity index (χ3n) is 3.23. The van der Waals surface area contributed by atoms with Gasteiger partial charge in [0.25, 0.3) is 5.91 Å². The van der Waals surface area contributed by atoms with Gasteiger partial charge in [-0.15, -0.1) is 0 Å². The Kier molecular flexibility index (Phi) is 5.99. The van der Waals surface area contributed by atoms with Crippen LogP contribution in [0.4, 0.5) is 18.9 Å². The summed E-state index contributed by atoms with van der Waals surface area (Å²) in [6.45, 7) is 1.56. The van der Waals surface area contributed by atoms with E-state index < -0.39 is 18.0 Å². The van der Waals surface area contributed by atoms with Crippen molar-refractivity contribution in [2.45, 2.75) is 13.1 Å². The molecule has 0 saturated carbocycles. The number of carbonyl (C=O) groups is 2. The molecule has 5 nitrogen and oxygen atoms in total. The molecule has 0 bridgehead atoms. The number of halogens is 4. The van der Waals surface area contributed by atoms with E-state index in [9.17, 15) is 22.8 Å².